The average Bonchev–Trinajstić information content (AvgIpc) is 2.73. The van der Waals surface area contributed by atoms with Gasteiger partial charge in [-0.3, -0.25) is 9.80 Å². The summed E-state index contributed by atoms with van der Waals surface area (Å²) in [6.45, 7) is 3.79. The highest BCUT2D eigenvalue weighted by Crippen LogP contribution is 2.39. The van der Waals surface area contributed by atoms with Crippen molar-refractivity contribution in [3.63, 3.8) is 0 Å². The summed E-state index contributed by atoms with van der Waals surface area (Å²) in [6, 6.07) is 6.37. The van der Waals surface area contributed by atoms with Gasteiger partial charge in [0.1, 0.15) is 11.0 Å². The van der Waals surface area contributed by atoms with Crippen LogP contribution in [0.3, 0.4) is 0 Å². The van der Waals surface area contributed by atoms with E-state index in [0.29, 0.717) is 16.4 Å². The number of amides is 2. The van der Waals surface area contributed by atoms with Crippen LogP contribution in [-0.4, -0.2) is 47.0 Å². The number of hydrogen-bond donors (Lipinski definition) is 1. The number of rotatable bonds is 4. The van der Waals surface area contributed by atoms with E-state index >= 15 is 0 Å². The Labute approximate surface area is 187 Å². The number of fused-ring (bicyclic) bond motifs is 1. The van der Waals surface area contributed by atoms with Crippen molar-refractivity contribution >= 4 is 36.1 Å². The first kappa shape index (κ1) is 22.1. The standard InChI is InChI=1S/C22H27BClFN4O2/c1-14-6-4-9-18(25)21(14)28-13-15-12-26-20(24)11-19(15)29(22(28)30)17-8-5-7-16(10-17)27(3)23(2)31/h4,6,9,11-12,16-17,31H,5,7-8,10,13H2,1-3H3. The Hall–Kier alpha value is -2.16. The van der Waals surface area contributed by atoms with Crippen LogP contribution < -0.4 is 9.80 Å². The van der Waals surface area contributed by atoms with E-state index < -0.39 is 12.9 Å². The van der Waals surface area contributed by atoms with E-state index in [0.717, 1.165) is 36.9 Å². The van der Waals surface area contributed by atoms with Gasteiger partial charge in [0.2, 0.25) is 0 Å². The molecule has 2 unspecified atom stereocenters. The van der Waals surface area contributed by atoms with Gasteiger partial charge in [0.25, 0.3) is 0 Å². The molecule has 9 heteroatoms. The number of halogens is 2. The molecule has 0 bridgehead atoms. The maximum atomic E-state index is 14.8. The molecule has 2 heterocycles. The van der Waals surface area contributed by atoms with Gasteiger partial charge in [-0.05, 0) is 64.2 Å². The van der Waals surface area contributed by atoms with Gasteiger partial charge in [-0.15, -0.1) is 0 Å². The van der Waals surface area contributed by atoms with Gasteiger partial charge in [-0.25, -0.2) is 14.2 Å². The van der Waals surface area contributed by atoms with Gasteiger partial charge in [0.15, 0.2) is 0 Å². The van der Waals surface area contributed by atoms with Gasteiger partial charge in [0, 0.05) is 23.8 Å². The second kappa shape index (κ2) is 8.77. The molecule has 6 nitrogen and oxygen atoms in total. The number of nitrogens with zero attached hydrogens (tertiary/aromatic N) is 4. The molecular weight excluding hydrogens is 418 g/mol. The highest BCUT2D eigenvalue weighted by Gasteiger charge is 2.40. The Balaban J connectivity index is 1.75. The largest absolute Gasteiger partial charge is 0.437 e. The summed E-state index contributed by atoms with van der Waals surface area (Å²) in [6.07, 6.45) is 5.11. The lowest BCUT2D eigenvalue weighted by atomic mass is 9.79. The molecule has 1 N–H and O–H groups in total. The number of urea groups is 1. The maximum Gasteiger partial charge on any atom is 0.376 e. The molecule has 4 rings (SSSR count). The minimum absolute atomic E-state index is 0.0838. The summed E-state index contributed by atoms with van der Waals surface area (Å²) in [4.78, 5) is 23.2. The second-order valence-electron chi connectivity index (χ2n) is 8.55. The van der Waals surface area contributed by atoms with Crippen LogP contribution in [0.25, 0.3) is 0 Å². The van der Waals surface area contributed by atoms with Crippen molar-refractivity contribution in [3.8, 4) is 0 Å². The predicted octanol–water partition coefficient (Wildman–Crippen LogP) is 4.48. The average molecular weight is 445 g/mol. The number of hydrogen-bond acceptors (Lipinski definition) is 4. The maximum absolute atomic E-state index is 14.8. The molecule has 1 aliphatic carbocycles. The van der Waals surface area contributed by atoms with Crippen LogP contribution in [0.15, 0.2) is 30.5 Å². The summed E-state index contributed by atoms with van der Waals surface area (Å²) in [7, 11) is 1.34. The topological polar surface area (TPSA) is 59.9 Å². The zero-order valence-corrected chi connectivity index (χ0v) is 18.8. The number of anilines is 2. The first-order chi connectivity index (χ1) is 14.8. The third-order valence-corrected chi connectivity index (χ3v) is 6.77. The van der Waals surface area contributed by atoms with Gasteiger partial charge in [-0.2, -0.15) is 0 Å². The van der Waals surface area contributed by atoms with Crippen LogP contribution in [0.4, 0.5) is 20.6 Å². The molecule has 164 valence electrons. The summed E-state index contributed by atoms with van der Waals surface area (Å²) in [5, 5.41) is 10.4. The van der Waals surface area contributed by atoms with E-state index in [1.54, 1.807) is 43.0 Å². The first-order valence-electron chi connectivity index (χ1n) is 10.7. The van der Waals surface area contributed by atoms with Crippen LogP contribution in [0.1, 0.15) is 36.8 Å². The van der Waals surface area contributed by atoms with E-state index in [1.807, 2.05) is 11.9 Å². The van der Waals surface area contributed by atoms with Crippen LogP contribution >= 0.6 is 11.6 Å². The second-order valence-corrected chi connectivity index (χ2v) is 8.94. The number of para-hydroxylation sites is 1. The first-order valence-corrected chi connectivity index (χ1v) is 11.1. The van der Waals surface area contributed by atoms with E-state index in [4.69, 9.17) is 11.6 Å². The molecule has 0 spiro atoms. The third kappa shape index (κ3) is 4.16. The number of carbonyl (C=O) groups excluding carboxylic acids is 1. The van der Waals surface area contributed by atoms with Crippen LogP contribution in [0.5, 0.6) is 0 Å². The van der Waals surface area contributed by atoms with Gasteiger partial charge in [0.05, 0.1) is 17.9 Å². The number of aryl methyl sites for hydroxylation is 1. The highest BCUT2D eigenvalue weighted by molar-refractivity contribution is 6.45. The zero-order valence-electron chi connectivity index (χ0n) is 18.1. The minimum atomic E-state index is -0.565. The summed E-state index contributed by atoms with van der Waals surface area (Å²) >= 11 is 6.19. The molecular formula is C22H27BClFN4O2. The van der Waals surface area contributed by atoms with Gasteiger partial charge >= 0.3 is 13.1 Å². The fourth-order valence-corrected chi connectivity index (χ4v) is 4.96. The van der Waals surface area contributed by atoms with Crippen LogP contribution in [-0.2, 0) is 6.54 Å². The number of pyridine rings is 1. The Morgan fingerprint density at radius 2 is 2.13 bits per heavy atom. The molecule has 0 radical (unpaired) electrons. The molecule has 1 saturated carbocycles. The van der Waals surface area contributed by atoms with Crippen molar-refractivity contribution < 1.29 is 14.2 Å². The molecule has 1 aromatic carbocycles. The number of carbonyl (C=O) groups is 1. The third-order valence-electron chi connectivity index (χ3n) is 6.56. The van der Waals surface area contributed by atoms with E-state index in [9.17, 15) is 14.2 Å². The predicted molar refractivity (Wildman–Crippen MR) is 122 cm³/mol. The summed E-state index contributed by atoms with van der Waals surface area (Å²) in [5.41, 5.74) is 2.57. The van der Waals surface area contributed by atoms with E-state index in [2.05, 4.69) is 4.98 Å². The molecule has 1 aliphatic heterocycles. The molecule has 1 aromatic heterocycles. The lowest BCUT2D eigenvalue weighted by Gasteiger charge is -2.45. The lowest BCUT2D eigenvalue weighted by molar-refractivity contribution is 0.225. The van der Waals surface area contributed by atoms with Crippen molar-refractivity contribution in [2.45, 2.75) is 58.1 Å². The molecule has 2 amide bonds. The zero-order chi connectivity index (χ0) is 22.3. The molecule has 2 atom stereocenters. The normalized spacial score (nSPS) is 21.5. The lowest BCUT2D eigenvalue weighted by Crippen LogP contribution is -2.56. The summed E-state index contributed by atoms with van der Waals surface area (Å²) < 4.78 is 14.8. The van der Waals surface area contributed by atoms with Crippen molar-refractivity contribution in [2.24, 2.45) is 0 Å². The fourth-order valence-electron chi connectivity index (χ4n) is 4.81. The van der Waals surface area contributed by atoms with Crippen molar-refractivity contribution in [1.82, 2.24) is 9.79 Å². The summed E-state index contributed by atoms with van der Waals surface area (Å²) in [5.74, 6) is -0.422. The molecule has 2 aliphatic rings. The van der Waals surface area contributed by atoms with Crippen molar-refractivity contribution in [2.75, 3.05) is 16.8 Å². The quantitative estimate of drug-likeness (QED) is 0.558. The monoisotopic (exact) mass is 444 g/mol. The molecule has 0 saturated heterocycles. The SMILES string of the molecule is CB(O)N(C)C1CCCC(N2C(=O)N(c3c(C)cccc3F)Cc3cnc(Cl)cc32)C1. The van der Waals surface area contributed by atoms with Crippen LogP contribution in [0, 0.1) is 12.7 Å². The van der Waals surface area contributed by atoms with Gasteiger partial charge in [-0.1, -0.05) is 23.7 Å². The Kier molecular flexibility index (Phi) is 6.24. The smallest absolute Gasteiger partial charge is 0.376 e. The Bertz CT molecular complexity index is 972. The Morgan fingerprint density at radius 1 is 1.35 bits per heavy atom. The van der Waals surface area contributed by atoms with E-state index in [-0.39, 0.29) is 24.7 Å². The Morgan fingerprint density at radius 3 is 2.84 bits per heavy atom. The molecule has 2 aromatic rings. The minimum Gasteiger partial charge on any atom is -0.437 e. The fraction of sp³-hybridized carbons (Fsp3) is 0.455. The molecule has 1 fully saturated rings. The van der Waals surface area contributed by atoms with Crippen molar-refractivity contribution in [3.05, 3.63) is 52.6 Å². The molecule has 31 heavy (non-hydrogen) atoms. The van der Waals surface area contributed by atoms with E-state index in [1.165, 1.54) is 11.0 Å². The van der Waals surface area contributed by atoms with Crippen LogP contribution in [0.2, 0.25) is 12.0 Å². The highest BCUT2D eigenvalue weighted by atomic mass is 35.5. The number of aromatic nitrogens is 1. The van der Waals surface area contributed by atoms with Gasteiger partial charge < -0.3 is 9.83 Å². The van der Waals surface area contributed by atoms with Crippen molar-refractivity contribution in [1.29, 1.82) is 0 Å². The number of benzene rings is 1.